The molecular weight excluding hydrogens is 1100 g/mol. The third-order valence-electron chi connectivity index (χ3n) is 9.42. The first-order valence-electron chi connectivity index (χ1n) is 19.2. The number of rotatable bonds is 3. The Morgan fingerprint density at radius 1 is 0.485 bits per heavy atom. The van der Waals surface area contributed by atoms with Gasteiger partial charge >= 0.3 is 33.0 Å². The van der Waals surface area contributed by atoms with Gasteiger partial charge in [0.05, 0.1) is 27.6 Å². The molecule has 0 unspecified atom stereocenters. The van der Waals surface area contributed by atoms with E-state index in [1.807, 2.05) is 122 Å². The summed E-state index contributed by atoms with van der Waals surface area (Å²) >= 11 is 12.5. The number of halogens is 8. The molecule has 0 saturated carbocycles. The number of pyridine rings is 4. The van der Waals surface area contributed by atoms with Gasteiger partial charge in [-0.05, 0) is 69.3 Å². The number of benzene rings is 5. The summed E-state index contributed by atoms with van der Waals surface area (Å²) < 4.78 is 59.2. The second-order valence-electron chi connectivity index (χ2n) is 13.9. The molecule has 0 atom stereocenters. The van der Waals surface area contributed by atoms with Crippen molar-refractivity contribution >= 4 is 91.3 Å². The average molecular weight is 1130 g/mol. The summed E-state index contributed by atoms with van der Waals surface area (Å²) in [5.41, 5.74) is 13.2. The molecule has 66 heavy (non-hydrogen) atoms. The van der Waals surface area contributed by atoms with E-state index >= 15 is 0 Å². The molecule has 1 radical (unpaired) electrons. The van der Waals surface area contributed by atoms with Crippen LogP contribution in [0.2, 0.25) is 10.3 Å². The molecular formula is C47H29Cl2F6IrN9P-3. The van der Waals surface area contributed by atoms with Crippen molar-refractivity contribution in [2.75, 3.05) is 5.73 Å². The Bertz CT molecular complexity index is 3270. The number of nitrogens with two attached hydrogens (primary N) is 1. The van der Waals surface area contributed by atoms with Crippen LogP contribution >= 0.6 is 31.0 Å². The summed E-state index contributed by atoms with van der Waals surface area (Å²) in [5, 5.41) is 6.81. The number of aromatic amines is 1. The summed E-state index contributed by atoms with van der Waals surface area (Å²) in [4.78, 5) is 33.8. The van der Waals surface area contributed by atoms with Crippen molar-refractivity contribution in [2.24, 2.45) is 0 Å². The zero-order chi connectivity index (χ0) is 45.8. The minimum absolute atomic E-state index is 0. The number of anilines is 1. The maximum atomic E-state index is 9.87. The molecule has 0 aliphatic heterocycles. The zero-order valence-corrected chi connectivity index (χ0v) is 38.3. The summed E-state index contributed by atoms with van der Waals surface area (Å²) in [6, 6.07) is 50.5. The molecule has 0 amide bonds. The van der Waals surface area contributed by atoms with Gasteiger partial charge in [0, 0.05) is 55.7 Å². The summed E-state index contributed by atoms with van der Waals surface area (Å²) in [6.45, 7) is 0. The van der Waals surface area contributed by atoms with Crippen LogP contribution in [0.3, 0.4) is 0 Å². The van der Waals surface area contributed by atoms with Gasteiger partial charge < -0.3 is 20.7 Å². The smallest absolute Gasteiger partial charge is 0.222 e. The molecule has 0 saturated heterocycles. The van der Waals surface area contributed by atoms with Crippen LogP contribution in [-0.4, -0.2) is 39.9 Å². The predicted octanol–water partition coefficient (Wildman–Crippen LogP) is 14.8. The molecule has 11 aromatic rings. The third-order valence-corrected chi connectivity index (χ3v) is 9.97. The fourth-order valence-electron chi connectivity index (χ4n) is 6.83. The monoisotopic (exact) mass is 1130 g/mol. The second-order valence-corrected chi connectivity index (χ2v) is 16.6. The standard InChI is InChI=1S/C17H9Cl2N7.2C15H10N.F6P.Ir/c18-14-9(15(19)26-17(20)25-14)16-23-12-7-3-1-5-21-10(7)11-8(13(12)24-16)4-2-6-22-11;2*1-2-7-13(8-3-1)15-14-9-5-4-6-12(14)10-11-16-15;1-7(2,3,4,5)6;/h1-6H,(H,23,24)(H2,20,25,26);2*1-7,9-11H;;/q;3*-1;. The molecule has 0 aliphatic rings. The Morgan fingerprint density at radius 2 is 0.924 bits per heavy atom. The predicted molar refractivity (Wildman–Crippen MR) is 248 cm³/mol. The van der Waals surface area contributed by atoms with Gasteiger partial charge in [0.2, 0.25) is 5.95 Å². The number of nitrogens with zero attached hydrogens (tertiary/aromatic N) is 7. The molecule has 6 heterocycles. The van der Waals surface area contributed by atoms with Crippen LogP contribution in [0.15, 0.2) is 158 Å². The van der Waals surface area contributed by atoms with Gasteiger partial charge in [-0.1, -0.05) is 71.7 Å². The van der Waals surface area contributed by atoms with E-state index in [0.29, 0.717) is 11.4 Å². The molecule has 335 valence electrons. The Hall–Kier alpha value is -6.67. The maximum absolute atomic E-state index is 10.7. The number of nitrogen functional groups attached to an aromatic ring is 1. The second kappa shape index (κ2) is 18.7. The molecule has 6 aromatic heterocycles. The molecule has 3 N–H and O–H groups in total. The van der Waals surface area contributed by atoms with Crippen molar-refractivity contribution in [1.82, 2.24) is 39.9 Å². The first-order chi connectivity index (χ1) is 31.0. The number of nitrogens with one attached hydrogen (secondary N) is 1. The van der Waals surface area contributed by atoms with Crippen molar-refractivity contribution in [3.8, 4) is 33.9 Å². The van der Waals surface area contributed by atoms with Crippen molar-refractivity contribution in [3.05, 3.63) is 181 Å². The van der Waals surface area contributed by atoms with Crippen molar-refractivity contribution in [1.29, 1.82) is 0 Å². The van der Waals surface area contributed by atoms with E-state index < -0.39 is 7.81 Å². The van der Waals surface area contributed by atoms with E-state index in [9.17, 15) is 25.2 Å². The van der Waals surface area contributed by atoms with Crippen LogP contribution in [0.5, 0.6) is 0 Å². The minimum Gasteiger partial charge on any atom is -0.368 e. The van der Waals surface area contributed by atoms with E-state index in [4.69, 9.17) is 33.9 Å². The normalized spacial score (nSPS) is 12.1. The van der Waals surface area contributed by atoms with Crippen LogP contribution in [-0.2, 0) is 20.1 Å². The van der Waals surface area contributed by atoms with Crippen LogP contribution in [0.25, 0.3) is 88.3 Å². The largest absolute Gasteiger partial charge is 0.368 e. The number of imidazole rings is 1. The van der Waals surface area contributed by atoms with Crippen LogP contribution in [0.4, 0.5) is 31.1 Å². The number of aromatic nitrogens is 8. The van der Waals surface area contributed by atoms with Crippen molar-refractivity contribution < 1.29 is 45.3 Å². The SMILES string of the molecule is F[P-](F)(F)(F)(F)F.Nc1nc(Cl)c(-c2nc3c4cccnc4c4ncccc4c3[nH]2)c(Cl)n1.[Ir].[c-]1ccccc1-c1nccc2ccccc12.[c-]1ccccc1-c1nccc2ccccc12. The maximum Gasteiger partial charge on any atom is 0.222 e. The Kier molecular flexibility index (Phi) is 13.4. The zero-order valence-electron chi connectivity index (χ0n) is 33.5. The fourth-order valence-corrected chi connectivity index (χ4v) is 7.41. The van der Waals surface area contributed by atoms with Crippen LogP contribution in [0, 0.1) is 12.1 Å². The number of fused-ring (bicyclic) bond motifs is 8. The van der Waals surface area contributed by atoms with E-state index in [0.717, 1.165) is 55.4 Å². The summed E-state index contributed by atoms with van der Waals surface area (Å²) in [5.74, 6) is 0.459. The Labute approximate surface area is 394 Å². The van der Waals surface area contributed by atoms with Gasteiger partial charge in [0.1, 0.15) is 16.1 Å². The molecule has 0 fully saturated rings. The quantitative estimate of drug-likeness (QED) is 0.0588. The molecule has 0 spiro atoms. The van der Waals surface area contributed by atoms with Gasteiger partial charge in [-0.15, -0.1) is 71.8 Å². The first kappa shape index (κ1) is 47.3. The summed E-state index contributed by atoms with van der Waals surface area (Å²) in [7, 11) is -10.7. The van der Waals surface area contributed by atoms with E-state index in [-0.39, 0.29) is 36.4 Å². The van der Waals surface area contributed by atoms with Crippen molar-refractivity contribution in [2.45, 2.75) is 0 Å². The van der Waals surface area contributed by atoms with E-state index in [1.54, 1.807) is 12.4 Å². The summed E-state index contributed by atoms with van der Waals surface area (Å²) in [6.07, 6.45) is 7.16. The van der Waals surface area contributed by atoms with Crippen LogP contribution in [0.1, 0.15) is 0 Å². The fraction of sp³-hybridized carbons (Fsp3) is 0. The van der Waals surface area contributed by atoms with Gasteiger partial charge in [-0.2, -0.15) is 0 Å². The molecule has 19 heteroatoms. The van der Waals surface area contributed by atoms with Gasteiger partial charge in [0.15, 0.2) is 0 Å². The molecule has 5 aromatic carbocycles. The topological polar surface area (TPSA) is 132 Å². The first-order valence-corrected chi connectivity index (χ1v) is 21.9. The Morgan fingerprint density at radius 3 is 1.41 bits per heavy atom. The van der Waals surface area contributed by atoms with Gasteiger partial charge in [0.25, 0.3) is 0 Å². The van der Waals surface area contributed by atoms with E-state index in [2.05, 4.69) is 71.3 Å². The van der Waals surface area contributed by atoms with Crippen molar-refractivity contribution in [3.63, 3.8) is 0 Å². The number of hydrogen-bond acceptors (Lipinski definition) is 8. The molecule has 0 bridgehead atoms. The molecule has 11 rings (SSSR count). The average Bonchev–Trinajstić information content (AvgIpc) is 3.74. The van der Waals surface area contributed by atoms with E-state index in [1.165, 1.54) is 21.5 Å². The Balaban J connectivity index is 0.000000141. The number of H-pyrrole nitrogens is 1. The van der Waals surface area contributed by atoms with Gasteiger partial charge in [-0.25, -0.2) is 15.0 Å². The van der Waals surface area contributed by atoms with Crippen LogP contribution < -0.4 is 5.73 Å². The number of hydrogen-bond donors (Lipinski definition) is 2. The van der Waals surface area contributed by atoms with Gasteiger partial charge in [-0.3, -0.25) is 9.97 Å². The minimum atomic E-state index is -10.7. The third kappa shape index (κ3) is 11.6. The molecule has 9 nitrogen and oxygen atoms in total. The molecule has 0 aliphatic carbocycles.